The molecule has 0 aromatic carbocycles. The molecule has 0 saturated carbocycles. The zero-order valence-corrected chi connectivity index (χ0v) is 22.3. The Morgan fingerprint density at radius 3 is 2.63 bits per heavy atom. The normalized spacial score (nSPS) is 23.0. The summed E-state index contributed by atoms with van der Waals surface area (Å²) in [7, 11) is -1.12. The van der Waals surface area contributed by atoms with Crippen molar-refractivity contribution in [1.82, 2.24) is 10.2 Å². The zero-order chi connectivity index (χ0) is 28.1. The second kappa shape index (κ2) is 12.2. The number of amidine groups is 1. The Balaban J connectivity index is 1.63. The van der Waals surface area contributed by atoms with Crippen molar-refractivity contribution in [2.75, 3.05) is 5.75 Å². The van der Waals surface area contributed by atoms with Crippen molar-refractivity contribution in [3.8, 4) is 0 Å². The summed E-state index contributed by atoms with van der Waals surface area (Å²) in [5.41, 5.74) is 5.74. The molecule has 206 valence electrons. The van der Waals surface area contributed by atoms with Crippen LogP contribution >= 0.6 is 11.8 Å². The van der Waals surface area contributed by atoms with Gasteiger partial charge >= 0.3 is 18.1 Å². The Kier molecular flexibility index (Phi) is 9.26. The summed E-state index contributed by atoms with van der Waals surface area (Å²) in [5.74, 6) is -2.79. The van der Waals surface area contributed by atoms with Crippen LogP contribution in [0.3, 0.4) is 0 Å². The highest BCUT2D eigenvalue weighted by Crippen LogP contribution is 2.40. The van der Waals surface area contributed by atoms with E-state index in [9.17, 15) is 28.8 Å². The zero-order valence-electron chi connectivity index (χ0n) is 20.7. The number of ether oxygens (including phenoxy) is 3. The van der Waals surface area contributed by atoms with Crippen LogP contribution in [-0.2, 0) is 53.7 Å². The van der Waals surface area contributed by atoms with Gasteiger partial charge in [-0.05, 0) is 18.4 Å². The molecule has 1 fully saturated rings. The summed E-state index contributed by atoms with van der Waals surface area (Å²) in [6.07, 6.45) is -2.67. The fourth-order valence-electron chi connectivity index (χ4n) is 3.34. The third-order valence-electron chi connectivity index (χ3n) is 4.82. The van der Waals surface area contributed by atoms with Gasteiger partial charge in [-0.3, -0.25) is 19.3 Å². The topological polar surface area (TPSA) is 205 Å². The number of nitrogens with two attached hydrogens (primary N) is 1. The summed E-state index contributed by atoms with van der Waals surface area (Å²) in [6.45, 7) is 5.66. The number of carbonyl (C=O) groups is 6. The lowest BCUT2D eigenvalue weighted by molar-refractivity contribution is -0.169. The molecule has 3 aliphatic rings. The van der Waals surface area contributed by atoms with Crippen molar-refractivity contribution in [3.05, 3.63) is 22.4 Å². The molecular formula is C21H25N5O10S2. The van der Waals surface area contributed by atoms with Gasteiger partial charge in [-0.25, -0.2) is 19.4 Å². The van der Waals surface area contributed by atoms with E-state index >= 15 is 0 Å². The van der Waals surface area contributed by atoms with Crippen molar-refractivity contribution < 1.29 is 47.8 Å². The first-order chi connectivity index (χ1) is 17.9. The van der Waals surface area contributed by atoms with Gasteiger partial charge in [-0.2, -0.15) is 0 Å². The van der Waals surface area contributed by atoms with Crippen LogP contribution in [0.2, 0.25) is 0 Å². The number of nitrogens with one attached hydrogen (secondary N) is 1. The van der Waals surface area contributed by atoms with Crippen LogP contribution in [0.25, 0.3) is 0 Å². The van der Waals surface area contributed by atoms with E-state index in [1.54, 1.807) is 13.8 Å². The molecule has 1 saturated heterocycles. The number of aliphatic imine (C=N–C) groups is 1. The lowest BCUT2D eigenvalue weighted by Gasteiger charge is -2.49. The predicted octanol–water partition coefficient (Wildman–Crippen LogP) is 0.130. The molecule has 15 nitrogen and oxygen atoms in total. The van der Waals surface area contributed by atoms with E-state index in [4.69, 9.17) is 19.9 Å². The lowest BCUT2D eigenvalue weighted by atomic mass is 10.0. The van der Waals surface area contributed by atoms with Crippen LogP contribution < -0.4 is 11.1 Å². The van der Waals surface area contributed by atoms with Gasteiger partial charge in [0.05, 0.1) is 18.2 Å². The van der Waals surface area contributed by atoms with E-state index in [0.29, 0.717) is 6.29 Å². The lowest BCUT2D eigenvalue weighted by Crippen LogP contribution is -2.70. The molecule has 0 radical (unpaired) electrons. The molecular weight excluding hydrogens is 546 g/mol. The van der Waals surface area contributed by atoms with Gasteiger partial charge in [-0.15, -0.1) is 11.8 Å². The summed E-state index contributed by atoms with van der Waals surface area (Å²) < 4.78 is 18.4. The van der Waals surface area contributed by atoms with Gasteiger partial charge in [0.1, 0.15) is 23.4 Å². The smallest absolute Gasteiger partial charge is 0.431 e. The minimum absolute atomic E-state index is 0.0100. The second-order valence-electron chi connectivity index (χ2n) is 8.16. The summed E-state index contributed by atoms with van der Waals surface area (Å²) >= 11 is 1.17. The fourth-order valence-corrected chi connectivity index (χ4v) is 5.66. The van der Waals surface area contributed by atoms with Crippen molar-refractivity contribution in [1.29, 1.82) is 0 Å². The number of fused-ring (bicyclic) bond motifs is 1. The molecule has 38 heavy (non-hydrogen) atoms. The molecule has 17 heteroatoms. The Bertz CT molecular complexity index is 1190. The summed E-state index contributed by atoms with van der Waals surface area (Å²) in [5, 5.41) is 3.44. The second-order valence-corrected chi connectivity index (χ2v) is 10.7. The van der Waals surface area contributed by atoms with Gasteiger partial charge in [0.2, 0.25) is 12.2 Å². The van der Waals surface area contributed by atoms with Gasteiger partial charge in [0.15, 0.2) is 5.17 Å². The quantitative estimate of drug-likeness (QED) is 0.125. The number of thioether (sulfide) groups is 1. The monoisotopic (exact) mass is 571 g/mol. The van der Waals surface area contributed by atoms with Crippen molar-refractivity contribution in [2.45, 2.75) is 57.9 Å². The Hall–Kier alpha value is -3.73. The molecule has 3 N–H and O–H groups in total. The van der Waals surface area contributed by atoms with Crippen molar-refractivity contribution in [3.63, 3.8) is 0 Å². The highest BCUT2D eigenvalue weighted by atomic mass is 32.2. The number of rotatable bonds is 9. The van der Waals surface area contributed by atoms with E-state index in [1.807, 2.05) is 0 Å². The number of nitrogens with zero attached hydrogens (tertiary/aromatic N) is 3. The first-order valence-corrected chi connectivity index (χ1v) is 13.4. The first-order valence-electron chi connectivity index (χ1n) is 11.1. The van der Waals surface area contributed by atoms with Crippen LogP contribution in [0.5, 0.6) is 0 Å². The molecule has 0 aliphatic carbocycles. The highest BCUT2D eigenvalue weighted by molar-refractivity contribution is 8.05. The number of carbonyl (C=O) groups excluding carboxylic acids is 6. The number of hydrogen-bond acceptors (Lipinski definition) is 14. The third kappa shape index (κ3) is 6.77. The van der Waals surface area contributed by atoms with Gasteiger partial charge < -0.3 is 30.1 Å². The van der Waals surface area contributed by atoms with Crippen LogP contribution in [0.4, 0.5) is 4.79 Å². The molecule has 0 aromatic rings. The standard InChI is InChI=1S/C21H25N5O10S2/c1-9(2)33-21(32)35-11(4)34-19(31)16-12(6-27)7-37-18-15(17(30)26(16)18)24-14(29)5-13-8-38(20(22)23-13)25-36-10(3)28/h6,8-9,11,15,18H,5,7H2,1-4H3,(H2,22,23)(H,24,29)/t11?,15-,18-,38?/m1/s1. The minimum Gasteiger partial charge on any atom is -0.431 e. The fraction of sp³-hybridized carbons (Fsp3) is 0.476. The average molecular weight is 572 g/mol. The van der Waals surface area contributed by atoms with E-state index < -0.39 is 64.4 Å². The molecule has 0 bridgehead atoms. The molecule has 3 heterocycles. The number of amides is 2. The van der Waals surface area contributed by atoms with Gasteiger partial charge in [0, 0.05) is 41.3 Å². The number of esters is 1. The summed E-state index contributed by atoms with van der Waals surface area (Å²) in [4.78, 5) is 82.1. The molecule has 3 rings (SSSR count). The van der Waals surface area contributed by atoms with E-state index in [2.05, 4.69) is 19.7 Å². The molecule has 0 spiro atoms. The Morgan fingerprint density at radius 1 is 1.29 bits per heavy atom. The molecule has 4 atom stereocenters. The van der Waals surface area contributed by atoms with Crippen molar-refractivity contribution >= 4 is 63.8 Å². The van der Waals surface area contributed by atoms with Crippen LogP contribution in [0.1, 0.15) is 34.1 Å². The predicted molar refractivity (Wildman–Crippen MR) is 132 cm³/mol. The third-order valence-corrected chi connectivity index (χ3v) is 7.37. The molecule has 2 unspecified atom stereocenters. The SMILES string of the molecule is CC(=O)O/N=S1/C=C(CC(=O)N[C@@H]2C(=O)N3C(C(=O)OC(C)OC(=O)OC(C)C)=C(C=O)CS[C@H]23)N=C1N. The molecule has 0 aromatic heterocycles. The molecule has 2 amide bonds. The maximum absolute atomic E-state index is 12.9. The number of aldehydes is 1. The molecule has 3 aliphatic heterocycles. The van der Waals surface area contributed by atoms with Gasteiger partial charge in [-0.1, -0.05) is 0 Å². The van der Waals surface area contributed by atoms with Crippen molar-refractivity contribution in [2.24, 2.45) is 15.3 Å². The van der Waals surface area contributed by atoms with Crippen LogP contribution in [-0.4, -0.2) is 75.8 Å². The van der Waals surface area contributed by atoms with E-state index in [1.165, 1.54) is 31.0 Å². The highest BCUT2D eigenvalue weighted by Gasteiger charge is 2.54. The van der Waals surface area contributed by atoms with Crippen LogP contribution in [0, 0.1) is 0 Å². The van der Waals surface area contributed by atoms with Gasteiger partial charge in [0.25, 0.3) is 5.91 Å². The Labute approximate surface area is 223 Å². The maximum atomic E-state index is 12.9. The summed E-state index contributed by atoms with van der Waals surface area (Å²) in [6, 6.07) is -0.981. The first kappa shape index (κ1) is 28.8. The largest absolute Gasteiger partial charge is 0.511 e. The Morgan fingerprint density at radius 2 is 2.00 bits per heavy atom. The number of β-lactam (4-membered cyclic amide) rings is 1. The van der Waals surface area contributed by atoms with Crippen LogP contribution in [0.15, 0.2) is 31.9 Å². The minimum atomic E-state index is -1.36. The van der Waals surface area contributed by atoms with E-state index in [0.717, 1.165) is 4.90 Å². The number of hydrogen-bond donors (Lipinski definition) is 2. The van der Waals surface area contributed by atoms with E-state index in [-0.39, 0.29) is 34.3 Å². The average Bonchev–Trinajstić information content (AvgIpc) is 3.17. The maximum Gasteiger partial charge on any atom is 0.511 e.